The zero-order valence-electron chi connectivity index (χ0n) is 13.1. The number of rotatable bonds is 4. The average molecular weight is 382 g/mol. The van der Waals surface area contributed by atoms with Gasteiger partial charge >= 0.3 is 0 Å². The Labute approximate surface area is 149 Å². The number of para-hydroxylation sites is 1. The molecule has 24 heavy (non-hydrogen) atoms. The molecule has 0 saturated carbocycles. The summed E-state index contributed by atoms with van der Waals surface area (Å²) >= 11 is 3.48. The predicted octanol–water partition coefficient (Wildman–Crippen LogP) is 5.15. The zero-order valence-corrected chi connectivity index (χ0v) is 14.7. The number of anilines is 3. The van der Waals surface area contributed by atoms with Crippen LogP contribution in [0.25, 0.3) is 0 Å². The van der Waals surface area contributed by atoms with Gasteiger partial charge in [0.1, 0.15) is 5.82 Å². The number of nitrogens with one attached hydrogen (secondary N) is 2. The van der Waals surface area contributed by atoms with Crippen LogP contribution in [0.2, 0.25) is 0 Å². The number of aromatic nitrogens is 1. The van der Waals surface area contributed by atoms with E-state index in [4.69, 9.17) is 0 Å². The number of carbonyl (C=O) groups is 1. The Morgan fingerprint density at radius 1 is 1.04 bits per heavy atom. The average Bonchev–Trinajstić information content (AvgIpc) is 2.57. The van der Waals surface area contributed by atoms with Gasteiger partial charge in [-0.15, -0.1) is 0 Å². The molecule has 0 saturated heterocycles. The van der Waals surface area contributed by atoms with Crippen LogP contribution >= 0.6 is 15.9 Å². The summed E-state index contributed by atoms with van der Waals surface area (Å²) < 4.78 is 0.932. The lowest BCUT2D eigenvalue weighted by Crippen LogP contribution is -2.12. The van der Waals surface area contributed by atoms with Gasteiger partial charge in [0.2, 0.25) is 0 Å². The number of benzene rings is 2. The number of carbonyl (C=O) groups excluding carboxylic acids is 1. The number of hydrogen-bond acceptors (Lipinski definition) is 3. The number of halogens is 1. The van der Waals surface area contributed by atoms with Gasteiger partial charge in [-0.05, 0) is 64.8 Å². The van der Waals surface area contributed by atoms with Crippen LogP contribution in [0.3, 0.4) is 0 Å². The molecular formula is C19H16BrN3O. The minimum absolute atomic E-state index is 0.168. The lowest BCUT2D eigenvalue weighted by atomic mass is 10.2. The Morgan fingerprint density at radius 3 is 2.67 bits per heavy atom. The minimum Gasteiger partial charge on any atom is -0.339 e. The zero-order chi connectivity index (χ0) is 16.9. The van der Waals surface area contributed by atoms with E-state index in [1.54, 1.807) is 18.3 Å². The first kappa shape index (κ1) is 16.2. The first-order valence-electron chi connectivity index (χ1n) is 7.47. The molecule has 2 aromatic carbocycles. The highest BCUT2D eigenvalue weighted by Gasteiger charge is 2.08. The fourth-order valence-electron chi connectivity index (χ4n) is 2.27. The molecule has 3 aromatic rings. The van der Waals surface area contributed by atoms with Gasteiger partial charge in [0, 0.05) is 21.9 Å². The quantitative estimate of drug-likeness (QED) is 0.656. The number of nitrogens with zero attached hydrogens (tertiary/aromatic N) is 1. The Kier molecular flexibility index (Phi) is 4.91. The van der Waals surface area contributed by atoms with Crippen LogP contribution < -0.4 is 10.6 Å². The fourth-order valence-corrected chi connectivity index (χ4v) is 2.65. The smallest absolute Gasteiger partial charge is 0.255 e. The molecule has 0 bridgehead atoms. The first-order valence-corrected chi connectivity index (χ1v) is 8.27. The molecule has 1 aromatic heterocycles. The second-order valence-electron chi connectivity index (χ2n) is 5.36. The molecule has 120 valence electrons. The summed E-state index contributed by atoms with van der Waals surface area (Å²) in [5.41, 5.74) is 3.30. The SMILES string of the molecule is Cc1cccc(NC(=O)c2ccnc(Nc3ccccc3Br)c2)c1. The van der Waals surface area contributed by atoms with Crippen molar-refractivity contribution in [2.75, 3.05) is 10.6 Å². The fraction of sp³-hybridized carbons (Fsp3) is 0.0526. The second kappa shape index (κ2) is 7.27. The molecule has 0 fully saturated rings. The predicted molar refractivity (Wildman–Crippen MR) is 101 cm³/mol. The summed E-state index contributed by atoms with van der Waals surface area (Å²) in [6.45, 7) is 1.99. The summed E-state index contributed by atoms with van der Waals surface area (Å²) in [6, 6.07) is 18.9. The third kappa shape index (κ3) is 4.00. The highest BCUT2D eigenvalue weighted by molar-refractivity contribution is 9.10. The highest BCUT2D eigenvalue weighted by Crippen LogP contribution is 2.24. The molecular weight excluding hydrogens is 366 g/mol. The highest BCUT2D eigenvalue weighted by atomic mass is 79.9. The maximum absolute atomic E-state index is 12.4. The molecule has 0 radical (unpaired) electrons. The van der Waals surface area contributed by atoms with E-state index < -0.39 is 0 Å². The van der Waals surface area contributed by atoms with E-state index in [2.05, 4.69) is 31.5 Å². The Morgan fingerprint density at radius 2 is 1.88 bits per heavy atom. The third-order valence-electron chi connectivity index (χ3n) is 3.43. The summed E-state index contributed by atoms with van der Waals surface area (Å²) in [5.74, 6) is 0.442. The van der Waals surface area contributed by atoms with Gasteiger partial charge in [-0.2, -0.15) is 0 Å². The molecule has 1 amide bonds. The number of hydrogen-bond donors (Lipinski definition) is 2. The van der Waals surface area contributed by atoms with Crippen LogP contribution in [0.15, 0.2) is 71.3 Å². The Balaban J connectivity index is 1.77. The van der Waals surface area contributed by atoms with Crippen molar-refractivity contribution in [3.8, 4) is 0 Å². The van der Waals surface area contributed by atoms with Crippen molar-refractivity contribution < 1.29 is 4.79 Å². The van der Waals surface area contributed by atoms with Gasteiger partial charge in [-0.25, -0.2) is 4.98 Å². The van der Waals surface area contributed by atoms with E-state index in [0.29, 0.717) is 11.4 Å². The van der Waals surface area contributed by atoms with Gasteiger partial charge < -0.3 is 10.6 Å². The second-order valence-corrected chi connectivity index (χ2v) is 6.21. The summed E-state index contributed by atoms with van der Waals surface area (Å²) in [5, 5.41) is 6.10. The number of aryl methyl sites for hydroxylation is 1. The van der Waals surface area contributed by atoms with Gasteiger partial charge in [-0.1, -0.05) is 24.3 Å². The normalized spacial score (nSPS) is 10.2. The van der Waals surface area contributed by atoms with Crippen molar-refractivity contribution in [1.82, 2.24) is 4.98 Å². The lowest BCUT2D eigenvalue weighted by molar-refractivity contribution is 0.102. The van der Waals surface area contributed by atoms with E-state index in [-0.39, 0.29) is 5.91 Å². The molecule has 0 spiro atoms. The summed E-state index contributed by atoms with van der Waals surface area (Å²) in [6.07, 6.45) is 1.62. The van der Waals surface area contributed by atoms with E-state index in [1.807, 2.05) is 55.5 Å². The maximum atomic E-state index is 12.4. The van der Waals surface area contributed by atoms with Crippen molar-refractivity contribution >= 4 is 39.0 Å². The van der Waals surface area contributed by atoms with Crippen molar-refractivity contribution in [3.05, 3.63) is 82.5 Å². The van der Waals surface area contributed by atoms with Crippen molar-refractivity contribution in [2.24, 2.45) is 0 Å². The number of pyridine rings is 1. The van der Waals surface area contributed by atoms with E-state index in [0.717, 1.165) is 21.4 Å². The monoisotopic (exact) mass is 381 g/mol. The van der Waals surface area contributed by atoms with Crippen LogP contribution in [0, 0.1) is 6.92 Å². The van der Waals surface area contributed by atoms with E-state index >= 15 is 0 Å². The van der Waals surface area contributed by atoms with Crippen LogP contribution in [0.1, 0.15) is 15.9 Å². The molecule has 1 heterocycles. The molecule has 0 aliphatic heterocycles. The molecule has 0 atom stereocenters. The molecule has 0 unspecified atom stereocenters. The summed E-state index contributed by atoms with van der Waals surface area (Å²) in [7, 11) is 0. The van der Waals surface area contributed by atoms with Crippen molar-refractivity contribution in [1.29, 1.82) is 0 Å². The van der Waals surface area contributed by atoms with Gasteiger partial charge in [0.05, 0.1) is 5.69 Å². The number of amides is 1. The lowest BCUT2D eigenvalue weighted by Gasteiger charge is -2.10. The molecule has 4 nitrogen and oxygen atoms in total. The summed E-state index contributed by atoms with van der Waals surface area (Å²) in [4.78, 5) is 16.7. The van der Waals surface area contributed by atoms with Crippen molar-refractivity contribution in [2.45, 2.75) is 6.92 Å². The minimum atomic E-state index is -0.168. The molecule has 3 rings (SSSR count). The van der Waals surface area contributed by atoms with Crippen LogP contribution in [-0.4, -0.2) is 10.9 Å². The maximum Gasteiger partial charge on any atom is 0.255 e. The largest absolute Gasteiger partial charge is 0.339 e. The Bertz CT molecular complexity index is 880. The third-order valence-corrected chi connectivity index (χ3v) is 4.13. The van der Waals surface area contributed by atoms with Crippen LogP contribution in [0.5, 0.6) is 0 Å². The topological polar surface area (TPSA) is 54.0 Å². The molecule has 0 aliphatic rings. The van der Waals surface area contributed by atoms with Gasteiger partial charge in [-0.3, -0.25) is 4.79 Å². The van der Waals surface area contributed by atoms with Crippen molar-refractivity contribution in [3.63, 3.8) is 0 Å². The molecule has 2 N–H and O–H groups in total. The van der Waals surface area contributed by atoms with E-state index in [9.17, 15) is 4.79 Å². The molecule has 5 heteroatoms. The van der Waals surface area contributed by atoms with Gasteiger partial charge in [0.25, 0.3) is 5.91 Å². The first-order chi connectivity index (χ1) is 11.6. The Hall–Kier alpha value is -2.66. The van der Waals surface area contributed by atoms with Crippen LogP contribution in [-0.2, 0) is 0 Å². The van der Waals surface area contributed by atoms with Gasteiger partial charge in [0.15, 0.2) is 0 Å². The molecule has 0 aliphatic carbocycles. The van der Waals surface area contributed by atoms with E-state index in [1.165, 1.54) is 0 Å². The van der Waals surface area contributed by atoms with Crippen LogP contribution in [0.4, 0.5) is 17.2 Å². The standard InChI is InChI=1S/C19H16BrN3O/c1-13-5-4-6-15(11-13)22-19(24)14-9-10-21-18(12-14)23-17-8-3-2-7-16(17)20/h2-12H,1H3,(H,21,23)(H,22,24).